The van der Waals surface area contributed by atoms with Gasteiger partial charge in [-0.1, -0.05) is 13.3 Å². The summed E-state index contributed by atoms with van der Waals surface area (Å²) in [5.74, 6) is 0.186. The summed E-state index contributed by atoms with van der Waals surface area (Å²) in [7, 11) is -3.16. The van der Waals surface area contributed by atoms with Crippen LogP contribution < -0.4 is 4.72 Å². The molecule has 1 aromatic heterocycles. The Morgan fingerprint density at radius 2 is 2.25 bits per heavy atom. The van der Waals surface area contributed by atoms with Crippen LogP contribution in [-0.4, -0.2) is 35.0 Å². The highest BCUT2D eigenvalue weighted by Crippen LogP contribution is 1.97. The van der Waals surface area contributed by atoms with E-state index in [2.05, 4.69) is 14.8 Å². The summed E-state index contributed by atoms with van der Waals surface area (Å²) in [6.45, 7) is 4.27. The standard InChI is InChI=1S/C9H18N4O2S/c1-3-4-5-16(14,15)12-9(2)6-13-8-10-7-11-13/h7-9,12H,3-6H2,1-2H3/t9-/m0/s1. The largest absolute Gasteiger partial charge is 0.251 e. The summed E-state index contributed by atoms with van der Waals surface area (Å²) in [5.41, 5.74) is 0. The molecule has 0 aliphatic rings. The van der Waals surface area contributed by atoms with Crippen LogP contribution in [0.2, 0.25) is 0 Å². The van der Waals surface area contributed by atoms with E-state index in [1.54, 1.807) is 11.0 Å². The van der Waals surface area contributed by atoms with Crippen molar-refractivity contribution in [3.05, 3.63) is 12.7 Å². The Morgan fingerprint density at radius 1 is 1.50 bits per heavy atom. The molecule has 16 heavy (non-hydrogen) atoms. The summed E-state index contributed by atoms with van der Waals surface area (Å²) in [6.07, 6.45) is 4.55. The number of nitrogens with one attached hydrogen (secondary N) is 1. The molecule has 0 unspecified atom stereocenters. The molecule has 0 aliphatic carbocycles. The summed E-state index contributed by atoms with van der Waals surface area (Å²) in [5, 5.41) is 3.92. The molecule has 0 amide bonds. The van der Waals surface area contributed by atoms with Crippen molar-refractivity contribution in [3.8, 4) is 0 Å². The van der Waals surface area contributed by atoms with Crippen LogP contribution in [0.4, 0.5) is 0 Å². The van der Waals surface area contributed by atoms with Crippen LogP contribution in [0.15, 0.2) is 12.7 Å². The number of hydrogen-bond acceptors (Lipinski definition) is 4. The molecule has 1 N–H and O–H groups in total. The number of nitrogens with zero attached hydrogens (tertiary/aromatic N) is 3. The minimum Gasteiger partial charge on any atom is -0.251 e. The fourth-order valence-electron chi connectivity index (χ4n) is 1.34. The second-order valence-electron chi connectivity index (χ2n) is 3.81. The third-order valence-electron chi connectivity index (χ3n) is 2.07. The molecule has 6 nitrogen and oxygen atoms in total. The third-order valence-corrected chi connectivity index (χ3v) is 3.66. The van der Waals surface area contributed by atoms with Crippen molar-refractivity contribution in [2.75, 3.05) is 5.75 Å². The predicted octanol–water partition coefficient (Wildman–Crippen LogP) is 0.386. The first kappa shape index (κ1) is 13.1. The van der Waals surface area contributed by atoms with Crippen molar-refractivity contribution < 1.29 is 8.42 Å². The highest BCUT2D eigenvalue weighted by Gasteiger charge is 2.14. The van der Waals surface area contributed by atoms with E-state index in [1.807, 2.05) is 13.8 Å². The molecule has 0 saturated heterocycles. The SMILES string of the molecule is CCCCS(=O)(=O)N[C@@H](C)Cn1cncn1. The van der Waals surface area contributed by atoms with Crippen LogP contribution in [0.1, 0.15) is 26.7 Å². The smallest absolute Gasteiger partial charge is 0.211 e. The average molecular weight is 246 g/mol. The Bertz CT molecular complexity index is 388. The van der Waals surface area contributed by atoms with Gasteiger partial charge in [0.1, 0.15) is 12.7 Å². The maximum Gasteiger partial charge on any atom is 0.211 e. The van der Waals surface area contributed by atoms with Crippen LogP contribution in [0.3, 0.4) is 0 Å². The van der Waals surface area contributed by atoms with E-state index in [1.165, 1.54) is 6.33 Å². The van der Waals surface area contributed by atoms with Crippen molar-refractivity contribution in [1.29, 1.82) is 0 Å². The number of aromatic nitrogens is 3. The molecule has 0 bridgehead atoms. The van der Waals surface area contributed by atoms with Gasteiger partial charge in [0.05, 0.1) is 12.3 Å². The molecule has 1 heterocycles. The van der Waals surface area contributed by atoms with Crippen LogP contribution in [0.5, 0.6) is 0 Å². The van der Waals surface area contributed by atoms with Gasteiger partial charge in [-0.2, -0.15) is 5.10 Å². The van der Waals surface area contributed by atoms with Gasteiger partial charge in [0.2, 0.25) is 10.0 Å². The molecule has 0 spiro atoms. The van der Waals surface area contributed by atoms with Gasteiger partial charge in [0.15, 0.2) is 0 Å². The lowest BCUT2D eigenvalue weighted by atomic mass is 10.4. The molecule has 0 aromatic carbocycles. The minimum absolute atomic E-state index is 0.177. The quantitative estimate of drug-likeness (QED) is 0.755. The number of sulfonamides is 1. The van der Waals surface area contributed by atoms with E-state index in [0.717, 1.165) is 6.42 Å². The Balaban J connectivity index is 2.41. The van der Waals surface area contributed by atoms with Crippen molar-refractivity contribution in [2.24, 2.45) is 0 Å². The van der Waals surface area contributed by atoms with Gasteiger partial charge in [-0.3, -0.25) is 4.68 Å². The second kappa shape index (κ2) is 5.95. The second-order valence-corrected chi connectivity index (χ2v) is 5.68. The number of unbranched alkanes of at least 4 members (excludes halogenated alkanes) is 1. The molecule has 1 rings (SSSR count). The molecular weight excluding hydrogens is 228 g/mol. The van der Waals surface area contributed by atoms with Gasteiger partial charge >= 0.3 is 0 Å². The van der Waals surface area contributed by atoms with Gasteiger partial charge in [0.25, 0.3) is 0 Å². The van der Waals surface area contributed by atoms with E-state index in [9.17, 15) is 8.42 Å². The number of rotatable bonds is 7. The lowest BCUT2D eigenvalue weighted by molar-refractivity contribution is 0.492. The number of hydrogen-bond donors (Lipinski definition) is 1. The molecule has 0 radical (unpaired) electrons. The molecule has 0 saturated carbocycles. The first-order valence-corrected chi connectivity index (χ1v) is 7.01. The van der Waals surface area contributed by atoms with Gasteiger partial charge in [-0.05, 0) is 13.3 Å². The van der Waals surface area contributed by atoms with E-state index in [0.29, 0.717) is 13.0 Å². The normalized spacial score (nSPS) is 13.9. The summed E-state index contributed by atoms with van der Waals surface area (Å²) < 4.78 is 27.4. The summed E-state index contributed by atoms with van der Waals surface area (Å²) in [6, 6.07) is -0.177. The van der Waals surface area contributed by atoms with Gasteiger partial charge < -0.3 is 0 Å². The summed E-state index contributed by atoms with van der Waals surface area (Å²) in [4.78, 5) is 3.80. The van der Waals surface area contributed by atoms with Gasteiger partial charge in [0, 0.05) is 6.04 Å². The van der Waals surface area contributed by atoms with Crippen LogP contribution in [0, 0.1) is 0 Å². The van der Waals surface area contributed by atoms with Crippen molar-refractivity contribution in [2.45, 2.75) is 39.3 Å². The van der Waals surface area contributed by atoms with Crippen LogP contribution in [0.25, 0.3) is 0 Å². The monoisotopic (exact) mass is 246 g/mol. The fraction of sp³-hybridized carbons (Fsp3) is 0.778. The first-order valence-electron chi connectivity index (χ1n) is 5.36. The Morgan fingerprint density at radius 3 is 2.81 bits per heavy atom. The van der Waals surface area contributed by atoms with Crippen molar-refractivity contribution >= 4 is 10.0 Å². The zero-order chi connectivity index (χ0) is 12.0. The maximum atomic E-state index is 11.6. The molecule has 1 atom stereocenters. The van der Waals surface area contributed by atoms with Crippen molar-refractivity contribution in [1.82, 2.24) is 19.5 Å². The minimum atomic E-state index is -3.16. The summed E-state index contributed by atoms with van der Waals surface area (Å²) >= 11 is 0. The molecule has 0 fully saturated rings. The van der Waals surface area contributed by atoms with Crippen LogP contribution in [-0.2, 0) is 16.6 Å². The van der Waals surface area contributed by atoms with E-state index in [-0.39, 0.29) is 11.8 Å². The zero-order valence-electron chi connectivity index (χ0n) is 9.63. The van der Waals surface area contributed by atoms with Gasteiger partial charge in [-0.25, -0.2) is 18.1 Å². The molecule has 92 valence electrons. The predicted molar refractivity (Wildman–Crippen MR) is 61.3 cm³/mol. The Labute approximate surface area is 96.1 Å². The molecule has 0 aliphatic heterocycles. The van der Waals surface area contributed by atoms with E-state index < -0.39 is 10.0 Å². The van der Waals surface area contributed by atoms with E-state index in [4.69, 9.17) is 0 Å². The van der Waals surface area contributed by atoms with Crippen molar-refractivity contribution in [3.63, 3.8) is 0 Å². The molecule has 1 aromatic rings. The fourth-order valence-corrected chi connectivity index (χ4v) is 2.82. The Kier molecular flexibility index (Phi) is 4.88. The topological polar surface area (TPSA) is 76.9 Å². The van der Waals surface area contributed by atoms with Crippen LogP contribution >= 0.6 is 0 Å². The average Bonchev–Trinajstić information content (AvgIpc) is 2.66. The highest BCUT2D eigenvalue weighted by atomic mass is 32.2. The first-order chi connectivity index (χ1) is 7.53. The molecule has 7 heteroatoms. The molecular formula is C9H18N4O2S. The lowest BCUT2D eigenvalue weighted by Gasteiger charge is -2.13. The lowest BCUT2D eigenvalue weighted by Crippen LogP contribution is -2.37. The highest BCUT2D eigenvalue weighted by molar-refractivity contribution is 7.89. The Hall–Kier alpha value is -0.950. The zero-order valence-corrected chi connectivity index (χ0v) is 10.4. The van der Waals surface area contributed by atoms with Gasteiger partial charge in [-0.15, -0.1) is 0 Å². The maximum absolute atomic E-state index is 11.6. The van der Waals surface area contributed by atoms with E-state index >= 15 is 0 Å². The third kappa shape index (κ3) is 4.71.